The molecule has 1 N–H and O–H groups in total. The molecule has 0 aliphatic heterocycles. The van der Waals surface area contributed by atoms with Crippen LogP contribution in [0.4, 0.5) is 0 Å². The second kappa shape index (κ2) is 5.97. The summed E-state index contributed by atoms with van der Waals surface area (Å²) in [6, 6.07) is 10.2. The quantitative estimate of drug-likeness (QED) is 0.772. The van der Waals surface area contributed by atoms with Crippen LogP contribution in [-0.4, -0.2) is 11.9 Å². The van der Waals surface area contributed by atoms with Gasteiger partial charge in [0.05, 0.1) is 5.56 Å². The van der Waals surface area contributed by atoms with Gasteiger partial charge < -0.3 is 9.73 Å². The molecule has 1 amide bonds. The van der Waals surface area contributed by atoms with E-state index in [-0.39, 0.29) is 11.9 Å². The van der Waals surface area contributed by atoms with Crippen LogP contribution in [0.5, 0.6) is 0 Å². The van der Waals surface area contributed by atoms with Crippen molar-refractivity contribution in [2.75, 3.05) is 0 Å². The van der Waals surface area contributed by atoms with Crippen LogP contribution in [0.25, 0.3) is 10.1 Å². The lowest BCUT2D eigenvalue weighted by molar-refractivity contribution is 0.0938. The van der Waals surface area contributed by atoms with E-state index >= 15 is 0 Å². The zero-order chi connectivity index (χ0) is 15.7. The molecular formula is C18H19NO2S. The first-order chi connectivity index (χ1) is 10.5. The summed E-state index contributed by atoms with van der Waals surface area (Å²) in [6.45, 7) is 5.70. The number of furan rings is 1. The van der Waals surface area contributed by atoms with Crippen molar-refractivity contribution in [2.45, 2.75) is 33.2 Å². The van der Waals surface area contributed by atoms with Crippen molar-refractivity contribution in [1.82, 2.24) is 5.32 Å². The molecule has 22 heavy (non-hydrogen) atoms. The Morgan fingerprint density at radius 1 is 1.32 bits per heavy atom. The Bertz CT molecular complexity index is 815. The molecule has 0 fully saturated rings. The third-order valence-corrected chi connectivity index (χ3v) is 4.76. The van der Waals surface area contributed by atoms with E-state index in [0.29, 0.717) is 11.3 Å². The number of aryl methyl sites for hydroxylation is 2. The molecule has 1 atom stereocenters. The smallest absolute Gasteiger partial charge is 0.255 e. The van der Waals surface area contributed by atoms with Crippen molar-refractivity contribution >= 4 is 27.3 Å². The Hall–Kier alpha value is -2.07. The second-order valence-corrected chi connectivity index (χ2v) is 6.57. The van der Waals surface area contributed by atoms with Crippen molar-refractivity contribution in [1.29, 1.82) is 0 Å². The summed E-state index contributed by atoms with van der Waals surface area (Å²) in [5.74, 6) is 1.36. The summed E-state index contributed by atoms with van der Waals surface area (Å²) in [4.78, 5) is 12.3. The Balaban J connectivity index is 1.71. The molecule has 0 unspecified atom stereocenters. The molecule has 0 saturated carbocycles. The Kier molecular flexibility index (Phi) is 4.03. The monoisotopic (exact) mass is 313 g/mol. The molecule has 0 spiro atoms. The summed E-state index contributed by atoms with van der Waals surface area (Å²) in [7, 11) is 0. The number of amides is 1. The number of hydrogen-bond donors (Lipinski definition) is 1. The molecule has 0 saturated heterocycles. The molecule has 0 bridgehead atoms. The molecule has 3 aromatic rings. The van der Waals surface area contributed by atoms with E-state index in [0.717, 1.165) is 12.2 Å². The standard InChI is InChI=1S/C18H19NO2S/c1-11(19-18(20)16-9-12(2)21-13(16)3)8-14-10-22-17-7-5-4-6-15(14)17/h4-7,9-11H,8H2,1-3H3,(H,19,20)/t11-/m0/s1. The van der Waals surface area contributed by atoms with Crippen LogP contribution in [0.15, 0.2) is 40.1 Å². The average Bonchev–Trinajstić information content (AvgIpc) is 3.02. The van der Waals surface area contributed by atoms with Gasteiger partial charge in [-0.05, 0) is 55.7 Å². The maximum absolute atomic E-state index is 12.3. The van der Waals surface area contributed by atoms with Crippen molar-refractivity contribution in [2.24, 2.45) is 0 Å². The van der Waals surface area contributed by atoms with Crippen molar-refractivity contribution < 1.29 is 9.21 Å². The highest BCUT2D eigenvalue weighted by atomic mass is 32.1. The zero-order valence-electron chi connectivity index (χ0n) is 13.0. The van der Waals surface area contributed by atoms with E-state index in [1.165, 1.54) is 15.6 Å². The van der Waals surface area contributed by atoms with Crippen molar-refractivity contribution in [3.63, 3.8) is 0 Å². The van der Waals surface area contributed by atoms with Crippen LogP contribution >= 0.6 is 11.3 Å². The highest BCUT2D eigenvalue weighted by Crippen LogP contribution is 2.26. The lowest BCUT2D eigenvalue weighted by Crippen LogP contribution is -2.34. The maximum Gasteiger partial charge on any atom is 0.255 e. The normalized spacial score (nSPS) is 12.5. The van der Waals surface area contributed by atoms with Crippen LogP contribution in [0, 0.1) is 13.8 Å². The van der Waals surface area contributed by atoms with Crippen LogP contribution in [0.1, 0.15) is 34.4 Å². The maximum atomic E-state index is 12.3. The van der Waals surface area contributed by atoms with Gasteiger partial charge in [0.15, 0.2) is 0 Å². The lowest BCUT2D eigenvalue weighted by Gasteiger charge is -2.13. The van der Waals surface area contributed by atoms with E-state index < -0.39 is 0 Å². The molecule has 0 aliphatic rings. The van der Waals surface area contributed by atoms with E-state index in [1.54, 1.807) is 17.4 Å². The van der Waals surface area contributed by atoms with Gasteiger partial charge >= 0.3 is 0 Å². The number of hydrogen-bond acceptors (Lipinski definition) is 3. The molecule has 1 aromatic carbocycles. The van der Waals surface area contributed by atoms with E-state index in [4.69, 9.17) is 4.42 Å². The number of carbonyl (C=O) groups is 1. The molecule has 2 heterocycles. The van der Waals surface area contributed by atoms with E-state index in [1.807, 2.05) is 20.8 Å². The van der Waals surface area contributed by atoms with Gasteiger partial charge in [-0.25, -0.2) is 0 Å². The van der Waals surface area contributed by atoms with Crippen LogP contribution in [-0.2, 0) is 6.42 Å². The molecule has 0 aliphatic carbocycles. The molecule has 3 rings (SSSR count). The second-order valence-electron chi connectivity index (χ2n) is 5.66. The van der Waals surface area contributed by atoms with Gasteiger partial charge in [0.1, 0.15) is 11.5 Å². The largest absolute Gasteiger partial charge is 0.466 e. The highest BCUT2D eigenvalue weighted by Gasteiger charge is 2.16. The summed E-state index contributed by atoms with van der Waals surface area (Å²) < 4.78 is 6.71. The van der Waals surface area contributed by atoms with Gasteiger partial charge in [0, 0.05) is 10.7 Å². The third-order valence-electron chi connectivity index (χ3n) is 3.75. The van der Waals surface area contributed by atoms with Gasteiger partial charge in [-0.3, -0.25) is 4.79 Å². The molecule has 3 nitrogen and oxygen atoms in total. The minimum absolute atomic E-state index is 0.0682. The van der Waals surface area contributed by atoms with Crippen LogP contribution in [0.2, 0.25) is 0 Å². The van der Waals surface area contributed by atoms with Crippen LogP contribution < -0.4 is 5.32 Å². The van der Waals surface area contributed by atoms with Gasteiger partial charge in [0.25, 0.3) is 5.91 Å². The summed E-state index contributed by atoms with van der Waals surface area (Å²) in [5.41, 5.74) is 1.91. The van der Waals surface area contributed by atoms with Gasteiger partial charge in [-0.15, -0.1) is 11.3 Å². The first-order valence-corrected chi connectivity index (χ1v) is 8.25. The fraction of sp³-hybridized carbons (Fsp3) is 0.278. The number of rotatable bonds is 4. The topological polar surface area (TPSA) is 42.2 Å². The first kappa shape index (κ1) is 14.9. The fourth-order valence-electron chi connectivity index (χ4n) is 2.73. The van der Waals surface area contributed by atoms with Gasteiger partial charge in [-0.2, -0.15) is 0 Å². The molecule has 114 valence electrons. The number of thiophene rings is 1. The third kappa shape index (κ3) is 2.92. The molecular weight excluding hydrogens is 294 g/mol. The van der Waals surface area contributed by atoms with Crippen molar-refractivity contribution in [3.8, 4) is 0 Å². The number of carbonyl (C=O) groups excluding carboxylic acids is 1. The minimum atomic E-state index is -0.0682. The molecule has 4 heteroatoms. The summed E-state index contributed by atoms with van der Waals surface area (Å²) in [5, 5.41) is 6.52. The highest BCUT2D eigenvalue weighted by molar-refractivity contribution is 7.17. The predicted octanol–water partition coefficient (Wildman–Crippen LogP) is 4.47. The number of nitrogens with one attached hydrogen (secondary N) is 1. The Morgan fingerprint density at radius 2 is 2.09 bits per heavy atom. The SMILES string of the molecule is Cc1cc(C(=O)N[C@@H](C)Cc2csc3ccccc23)c(C)o1. The average molecular weight is 313 g/mol. The lowest BCUT2D eigenvalue weighted by atomic mass is 10.1. The number of fused-ring (bicyclic) bond motifs is 1. The van der Waals surface area contributed by atoms with E-state index in [2.05, 4.69) is 35.0 Å². The Labute approximate surface area is 134 Å². The van der Waals surface area contributed by atoms with Gasteiger partial charge in [-0.1, -0.05) is 18.2 Å². The molecule has 0 radical (unpaired) electrons. The summed E-state index contributed by atoms with van der Waals surface area (Å²) >= 11 is 1.75. The van der Waals surface area contributed by atoms with Crippen molar-refractivity contribution in [3.05, 3.63) is 58.4 Å². The van der Waals surface area contributed by atoms with E-state index in [9.17, 15) is 4.79 Å². The number of benzene rings is 1. The minimum Gasteiger partial charge on any atom is -0.466 e. The Morgan fingerprint density at radius 3 is 2.82 bits per heavy atom. The molecule has 2 aromatic heterocycles. The predicted molar refractivity (Wildman–Crippen MR) is 90.6 cm³/mol. The van der Waals surface area contributed by atoms with Gasteiger partial charge in [0.2, 0.25) is 0 Å². The zero-order valence-corrected chi connectivity index (χ0v) is 13.8. The fourth-order valence-corrected chi connectivity index (χ4v) is 3.71. The summed E-state index contributed by atoms with van der Waals surface area (Å²) in [6.07, 6.45) is 0.825. The first-order valence-electron chi connectivity index (χ1n) is 7.37. The van der Waals surface area contributed by atoms with Crippen LogP contribution in [0.3, 0.4) is 0 Å².